The van der Waals surface area contributed by atoms with Gasteiger partial charge in [-0.25, -0.2) is 0 Å². The SMILES string of the molecule is CCOC(CN(C)CCOC)OCC. The predicted octanol–water partition coefficient (Wildman–Crippen LogP) is 0.964. The standard InChI is InChI=1S/C10H23NO3/c1-5-13-10(14-6-2)9-11(3)7-8-12-4/h10H,5-9H2,1-4H3. The van der Waals surface area contributed by atoms with Gasteiger partial charge in [-0.05, 0) is 20.9 Å². The van der Waals surface area contributed by atoms with E-state index in [4.69, 9.17) is 14.2 Å². The Morgan fingerprint density at radius 2 is 1.71 bits per heavy atom. The summed E-state index contributed by atoms with van der Waals surface area (Å²) < 4.78 is 15.8. The zero-order chi connectivity index (χ0) is 10.8. The minimum Gasteiger partial charge on any atom is -0.383 e. The Morgan fingerprint density at radius 1 is 1.14 bits per heavy atom. The van der Waals surface area contributed by atoms with Crippen molar-refractivity contribution in [2.75, 3.05) is 47.1 Å². The van der Waals surface area contributed by atoms with Gasteiger partial charge in [0.05, 0.1) is 6.61 Å². The molecule has 0 heterocycles. The molecule has 0 unspecified atom stereocenters. The number of hydrogen-bond donors (Lipinski definition) is 0. The molecule has 14 heavy (non-hydrogen) atoms. The van der Waals surface area contributed by atoms with Gasteiger partial charge in [-0.2, -0.15) is 0 Å². The summed E-state index contributed by atoms with van der Waals surface area (Å²) in [7, 11) is 3.74. The van der Waals surface area contributed by atoms with Crippen LogP contribution in [0.3, 0.4) is 0 Å². The van der Waals surface area contributed by atoms with E-state index in [1.54, 1.807) is 7.11 Å². The van der Waals surface area contributed by atoms with Crippen LogP contribution in [0.15, 0.2) is 0 Å². The lowest BCUT2D eigenvalue weighted by atomic mass is 10.5. The van der Waals surface area contributed by atoms with Gasteiger partial charge in [0.15, 0.2) is 6.29 Å². The van der Waals surface area contributed by atoms with Gasteiger partial charge in [0, 0.05) is 33.4 Å². The first-order chi connectivity index (χ1) is 6.74. The van der Waals surface area contributed by atoms with Gasteiger partial charge >= 0.3 is 0 Å². The summed E-state index contributed by atoms with van der Waals surface area (Å²) >= 11 is 0. The van der Waals surface area contributed by atoms with Gasteiger partial charge < -0.3 is 14.2 Å². The molecule has 86 valence electrons. The zero-order valence-corrected chi connectivity index (χ0v) is 9.78. The molecule has 0 saturated heterocycles. The number of methoxy groups -OCH3 is 1. The average molecular weight is 205 g/mol. The van der Waals surface area contributed by atoms with Crippen LogP contribution in [0.5, 0.6) is 0 Å². The van der Waals surface area contributed by atoms with E-state index in [1.807, 2.05) is 20.9 Å². The van der Waals surface area contributed by atoms with Crippen LogP contribution < -0.4 is 0 Å². The lowest BCUT2D eigenvalue weighted by Crippen LogP contribution is -2.35. The Labute approximate surface area is 87.1 Å². The molecule has 0 aromatic carbocycles. The Balaban J connectivity index is 3.64. The highest BCUT2D eigenvalue weighted by Gasteiger charge is 2.10. The molecule has 0 aliphatic heterocycles. The molecule has 0 rings (SSSR count). The molecule has 0 aliphatic carbocycles. The largest absolute Gasteiger partial charge is 0.383 e. The van der Waals surface area contributed by atoms with Crippen molar-refractivity contribution in [2.45, 2.75) is 20.1 Å². The normalized spacial score (nSPS) is 11.6. The van der Waals surface area contributed by atoms with Crippen LogP contribution in [0.25, 0.3) is 0 Å². The third-order valence-electron chi connectivity index (χ3n) is 1.84. The van der Waals surface area contributed by atoms with Gasteiger partial charge in [0.25, 0.3) is 0 Å². The lowest BCUT2D eigenvalue weighted by molar-refractivity contribution is -0.145. The number of rotatable bonds is 9. The average Bonchev–Trinajstić information content (AvgIpc) is 2.15. The molecule has 0 fully saturated rings. The van der Waals surface area contributed by atoms with Crippen LogP contribution in [-0.4, -0.2) is 58.3 Å². The number of nitrogens with zero attached hydrogens (tertiary/aromatic N) is 1. The molecule has 0 spiro atoms. The first-order valence-corrected chi connectivity index (χ1v) is 5.15. The van der Waals surface area contributed by atoms with Gasteiger partial charge in [-0.1, -0.05) is 0 Å². The fourth-order valence-corrected chi connectivity index (χ4v) is 1.12. The lowest BCUT2D eigenvalue weighted by Gasteiger charge is -2.23. The molecule has 4 heteroatoms. The maximum Gasteiger partial charge on any atom is 0.170 e. The van der Waals surface area contributed by atoms with Crippen LogP contribution in [0.2, 0.25) is 0 Å². The highest BCUT2D eigenvalue weighted by atomic mass is 16.7. The van der Waals surface area contributed by atoms with Gasteiger partial charge in [-0.15, -0.1) is 0 Å². The minimum absolute atomic E-state index is 0.119. The molecule has 0 aliphatic rings. The smallest absolute Gasteiger partial charge is 0.170 e. The molecule has 0 atom stereocenters. The monoisotopic (exact) mass is 205 g/mol. The molecule has 0 bridgehead atoms. The Morgan fingerprint density at radius 3 is 2.14 bits per heavy atom. The van der Waals surface area contributed by atoms with Gasteiger partial charge in [0.1, 0.15) is 0 Å². The molecule has 0 radical (unpaired) electrons. The second kappa shape index (κ2) is 9.40. The fourth-order valence-electron chi connectivity index (χ4n) is 1.12. The molecule has 0 amide bonds. The summed E-state index contributed by atoms with van der Waals surface area (Å²) in [6.45, 7) is 7.73. The number of hydrogen-bond acceptors (Lipinski definition) is 4. The Bertz CT molecular complexity index is 116. The van der Waals surface area contributed by atoms with Crippen molar-refractivity contribution in [2.24, 2.45) is 0 Å². The summed E-state index contributed by atoms with van der Waals surface area (Å²) in [6.07, 6.45) is -0.119. The van der Waals surface area contributed by atoms with Crippen LogP contribution in [-0.2, 0) is 14.2 Å². The van der Waals surface area contributed by atoms with Crippen molar-refractivity contribution in [3.63, 3.8) is 0 Å². The molecule has 0 aromatic rings. The molecular formula is C10H23NO3. The highest BCUT2D eigenvalue weighted by molar-refractivity contribution is 4.54. The van der Waals surface area contributed by atoms with E-state index in [2.05, 4.69) is 4.90 Å². The maximum atomic E-state index is 5.43. The second-order valence-electron chi connectivity index (χ2n) is 3.10. The Kier molecular flexibility index (Phi) is 9.29. The van der Waals surface area contributed by atoms with E-state index < -0.39 is 0 Å². The van der Waals surface area contributed by atoms with Gasteiger partial charge in [0.2, 0.25) is 0 Å². The molecule has 0 aromatic heterocycles. The van der Waals surface area contributed by atoms with E-state index in [0.29, 0.717) is 13.2 Å². The van der Waals surface area contributed by atoms with Crippen molar-refractivity contribution in [3.8, 4) is 0 Å². The first-order valence-electron chi connectivity index (χ1n) is 5.15. The van der Waals surface area contributed by atoms with Crippen molar-refractivity contribution in [3.05, 3.63) is 0 Å². The van der Waals surface area contributed by atoms with Crippen molar-refractivity contribution in [1.82, 2.24) is 4.90 Å². The Hall–Kier alpha value is -0.160. The van der Waals surface area contributed by atoms with Gasteiger partial charge in [-0.3, -0.25) is 4.90 Å². The van der Waals surface area contributed by atoms with Crippen molar-refractivity contribution >= 4 is 0 Å². The minimum atomic E-state index is -0.119. The predicted molar refractivity (Wildman–Crippen MR) is 56.4 cm³/mol. The zero-order valence-electron chi connectivity index (χ0n) is 9.78. The molecule has 0 N–H and O–H groups in total. The van der Waals surface area contributed by atoms with Crippen molar-refractivity contribution < 1.29 is 14.2 Å². The summed E-state index contributed by atoms with van der Waals surface area (Å²) in [4.78, 5) is 2.14. The third-order valence-corrected chi connectivity index (χ3v) is 1.84. The maximum absolute atomic E-state index is 5.43. The van der Waals surface area contributed by atoms with Crippen LogP contribution >= 0.6 is 0 Å². The topological polar surface area (TPSA) is 30.9 Å². The van der Waals surface area contributed by atoms with Crippen LogP contribution in [0, 0.1) is 0 Å². The van der Waals surface area contributed by atoms with E-state index in [1.165, 1.54) is 0 Å². The third kappa shape index (κ3) is 7.26. The van der Waals surface area contributed by atoms with E-state index >= 15 is 0 Å². The number of likely N-dealkylation sites (N-methyl/N-ethyl adjacent to an activating group) is 1. The first kappa shape index (κ1) is 13.8. The summed E-state index contributed by atoms with van der Waals surface area (Å²) in [5.74, 6) is 0. The fraction of sp³-hybridized carbons (Fsp3) is 1.00. The summed E-state index contributed by atoms with van der Waals surface area (Å²) in [6, 6.07) is 0. The summed E-state index contributed by atoms with van der Waals surface area (Å²) in [5.41, 5.74) is 0. The van der Waals surface area contributed by atoms with Crippen LogP contribution in [0.4, 0.5) is 0 Å². The molecule has 0 saturated carbocycles. The van der Waals surface area contributed by atoms with Crippen LogP contribution in [0.1, 0.15) is 13.8 Å². The van der Waals surface area contributed by atoms with Crippen molar-refractivity contribution in [1.29, 1.82) is 0 Å². The summed E-state index contributed by atoms with van der Waals surface area (Å²) in [5, 5.41) is 0. The quantitative estimate of drug-likeness (QED) is 0.525. The molecular weight excluding hydrogens is 182 g/mol. The molecule has 4 nitrogen and oxygen atoms in total. The van der Waals surface area contributed by atoms with E-state index in [0.717, 1.165) is 19.7 Å². The highest BCUT2D eigenvalue weighted by Crippen LogP contribution is 1.97. The van der Waals surface area contributed by atoms with E-state index in [-0.39, 0.29) is 6.29 Å². The second-order valence-corrected chi connectivity index (χ2v) is 3.10. The number of ether oxygens (including phenoxy) is 3. The van der Waals surface area contributed by atoms with E-state index in [9.17, 15) is 0 Å².